The van der Waals surface area contributed by atoms with Gasteiger partial charge in [0, 0.05) is 18.7 Å². The van der Waals surface area contributed by atoms with Gasteiger partial charge >= 0.3 is 0 Å². The molecule has 0 aliphatic rings. The van der Waals surface area contributed by atoms with E-state index in [2.05, 4.69) is 10.6 Å². The Morgan fingerprint density at radius 3 is 2.76 bits per heavy atom. The first kappa shape index (κ1) is 13.6. The Labute approximate surface area is 102 Å². The summed E-state index contributed by atoms with van der Waals surface area (Å²) >= 11 is 0. The molecule has 0 aliphatic carbocycles. The molecule has 4 nitrogen and oxygen atoms in total. The fraction of sp³-hybridized carbons (Fsp3) is 0.333. The molecule has 92 valence electrons. The summed E-state index contributed by atoms with van der Waals surface area (Å²) in [4.78, 5) is 0.257. The average Bonchev–Trinajstić information content (AvgIpc) is 2.24. The van der Waals surface area contributed by atoms with E-state index in [1.807, 2.05) is 0 Å². The second-order valence-corrected chi connectivity index (χ2v) is 5.47. The molecule has 0 radical (unpaired) electrons. The van der Waals surface area contributed by atoms with Crippen LogP contribution >= 0.6 is 0 Å². The Bertz CT molecular complexity index is 530. The van der Waals surface area contributed by atoms with Gasteiger partial charge in [-0.15, -0.1) is 12.3 Å². The lowest BCUT2D eigenvalue weighted by molar-refractivity contribution is 0.579. The molecular weight excluding hydrogens is 236 g/mol. The number of rotatable bonds is 5. The van der Waals surface area contributed by atoms with E-state index in [-0.39, 0.29) is 4.90 Å². The summed E-state index contributed by atoms with van der Waals surface area (Å²) in [5.74, 6) is 2.46. The number of terminal acetylenes is 1. The molecule has 0 saturated carbocycles. The third-order valence-electron chi connectivity index (χ3n) is 2.28. The maximum absolute atomic E-state index is 11.9. The van der Waals surface area contributed by atoms with Gasteiger partial charge in [-0.1, -0.05) is 0 Å². The normalized spacial score (nSPS) is 11.1. The zero-order valence-corrected chi connectivity index (χ0v) is 10.5. The average molecular weight is 252 g/mol. The maximum Gasteiger partial charge on any atom is 0.240 e. The highest BCUT2D eigenvalue weighted by Crippen LogP contribution is 2.17. The Kier molecular flexibility index (Phi) is 4.55. The van der Waals surface area contributed by atoms with Crippen molar-refractivity contribution in [2.45, 2.75) is 24.7 Å². The van der Waals surface area contributed by atoms with Crippen molar-refractivity contribution in [2.75, 3.05) is 12.3 Å². The monoisotopic (exact) mass is 252 g/mol. The van der Waals surface area contributed by atoms with E-state index in [1.165, 1.54) is 6.07 Å². The van der Waals surface area contributed by atoms with E-state index in [0.29, 0.717) is 30.6 Å². The summed E-state index contributed by atoms with van der Waals surface area (Å²) < 4.78 is 26.4. The first-order valence-electron chi connectivity index (χ1n) is 5.26. The number of aryl methyl sites for hydroxylation is 1. The lowest BCUT2D eigenvalue weighted by Crippen LogP contribution is -2.25. The molecule has 17 heavy (non-hydrogen) atoms. The number of nitrogens with one attached hydrogen (secondary N) is 1. The number of hydrogen-bond donors (Lipinski definition) is 2. The Balaban J connectivity index is 2.80. The maximum atomic E-state index is 11.9. The summed E-state index contributed by atoms with van der Waals surface area (Å²) in [6.07, 6.45) is 6.28. The SMILES string of the molecule is C#CCCCNS(=O)(=O)c1ccc(N)cc1C. The molecule has 0 bridgehead atoms. The van der Waals surface area contributed by atoms with E-state index in [1.54, 1.807) is 19.1 Å². The van der Waals surface area contributed by atoms with E-state index in [4.69, 9.17) is 12.2 Å². The van der Waals surface area contributed by atoms with E-state index < -0.39 is 10.0 Å². The van der Waals surface area contributed by atoms with Gasteiger partial charge in [0.1, 0.15) is 0 Å². The van der Waals surface area contributed by atoms with Crippen LogP contribution in [0.4, 0.5) is 5.69 Å². The van der Waals surface area contributed by atoms with Gasteiger partial charge in [-0.05, 0) is 37.1 Å². The van der Waals surface area contributed by atoms with Crippen LogP contribution in [0.25, 0.3) is 0 Å². The van der Waals surface area contributed by atoms with Gasteiger partial charge in [0.05, 0.1) is 4.90 Å². The third kappa shape index (κ3) is 3.77. The molecule has 5 heteroatoms. The molecule has 0 spiro atoms. The van der Waals surface area contributed by atoms with Crippen LogP contribution in [0.5, 0.6) is 0 Å². The summed E-state index contributed by atoms with van der Waals surface area (Å²) in [6.45, 7) is 2.06. The molecular formula is C12H16N2O2S. The quantitative estimate of drug-likeness (QED) is 0.471. The molecule has 0 atom stereocenters. The van der Waals surface area contributed by atoms with Crippen LogP contribution in [0.15, 0.2) is 23.1 Å². The summed E-state index contributed by atoms with van der Waals surface area (Å²) in [5, 5.41) is 0. The van der Waals surface area contributed by atoms with Crippen molar-refractivity contribution >= 4 is 15.7 Å². The molecule has 3 N–H and O–H groups in total. The van der Waals surface area contributed by atoms with Gasteiger partial charge in [0.25, 0.3) is 0 Å². The highest BCUT2D eigenvalue weighted by Gasteiger charge is 2.15. The van der Waals surface area contributed by atoms with Gasteiger partial charge in [-0.3, -0.25) is 0 Å². The number of unbranched alkanes of at least 4 members (excludes halogenated alkanes) is 1. The molecule has 0 aromatic heterocycles. The van der Waals surface area contributed by atoms with Crippen molar-refractivity contribution in [1.82, 2.24) is 4.72 Å². The summed E-state index contributed by atoms with van der Waals surface area (Å²) in [7, 11) is -3.46. The minimum absolute atomic E-state index is 0.257. The van der Waals surface area contributed by atoms with Crippen LogP contribution in [-0.4, -0.2) is 15.0 Å². The van der Waals surface area contributed by atoms with Crippen LogP contribution in [0.1, 0.15) is 18.4 Å². The Morgan fingerprint density at radius 1 is 1.47 bits per heavy atom. The van der Waals surface area contributed by atoms with Crippen molar-refractivity contribution in [3.8, 4) is 12.3 Å². The Morgan fingerprint density at radius 2 is 2.18 bits per heavy atom. The van der Waals surface area contributed by atoms with Gasteiger partial charge in [-0.25, -0.2) is 13.1 Å². The van der Waals surface area contributed by atoms with Crippen molar-refractivity contribution < 1.29 is 8.42 Å². The molecule has 1 aromatic rings. The van der Waals surface area contributed by atoms with E-state index >= 15 is 0 Å². The number of nitrogen functional groups attached to an aromatic ring is 1. The second kappa shape index (κ2) is 5.71. The van der Waals surface area contributed by atoms with Crippen LogP contribution in [0.3, 0.4) is 0 Å². The predicted octanol–water partition coefficient (Wildman–Crippen LogP) is 1.27. The summed E-state index contributed by atoms with van der Waals surface area (Å²) in [6, 6.07) is 4.72. The van der Waals surface area contributed by atoms with Crippen molar-refractivity contribution in [2.24, 2.45) is 0 Å². The van der Waals surface area contributed by atoms with E-state index in [0.717, 1.165) is 0 Å². The molecule has 0 saturated heterocycles. The molecule has 0 heterocycles. The molecule has 0 fully saturated rings. The molecule has 0 unspecified atom stereocenters. The Hall–Kier alpha value is -1.51. The lowest BCUT2D eigenvalue weighted by Gasteiger charge is -2.09. The van der Waals surface area contributed by atoms with Crippen LogP contribution < -0.4 is 10.5 Å². The molecule has 0 amide bonds. The first-order valence-corrected chi connectivity index (χ1v) is 6.75. The van der Waals surface area contributed by atoms with Gasteiger partial charge in [-0.2, -0.15) is 0 Å². The van der Waals surface area contributed by atoms with E-state index in [9.17, 15) is 8.42 Å². The highest BCUT2D eigenvalue weighted by molar-refractivity contribution is 7.89. The zero-order chi connectivity index (χ0) is 12.9. The standard InChI is InChI=1S/C12H16N2O2S/c1-3-4-5-8-14-17(15,16)12-7-6-11(13)9-10(12)2/h1,6-7,9,14H,4-5,8,13H2,2H3. The fourth-order valence-electron chi connectivity index (χ4n) is 1.45. The first-order chi connectivity index (χ1) is 7.97. The predicted molar refractivity (Wildman–Crippen MR) is 68.8 cm³/mol. The third-order valence-corrected chi connectivity index (χ3v) is 3.90. The van der Waals surface area contributed by atoms with Crippen LogP contribution in [0, 0.1) is 19.3 Å². The minimum atomic E-state index is -3.46. The minimum Gasteiger partial charge on any atom is -0.399 e. The van der Waals surface area contributed by atoms with Crippen molar-refractivity contribution in [1.29, 1.82) is 0 Å². The topological polar surface area (TPSA) is 72.2 Å². The van der Waals surface area contributed by atoms with Gasteiger partial charge < -0.3 is 5.73 Å². The smallest absolute Gasteiger partial charge is 0.240 e. The lowest BCUT2D eigenvalue weighted by atomic mass is 10.2. The zero-order valence-electron chi connectivity index (χ0n) is 9.73. The number of nitrogens with two attached hydrogens (primary N) is 1. The molecule has 1 rings (SSSR count). The fourth-order valence-corrected chi connectivity index (χ4v) is 2.75. The van der Waals surface area contributed by atoms with Crippen molar-refractivity contribution in [3.05, 3.63) is 23.8 Å². The van der Waals surface area contributed by atoms with Gasteiger partial charge in [0.2, 0.25) is 10.0 Å². The largest absolute Gasteiger partial charge is 0.399 e. The number of benzene rings is 1. The molecule has 0 aliphatic heterocycles. The number of hydrogen-bond acceptors (Lipinski definition) is 3. The number of sulfonamides is 1. The molecule has 1 aromatic carbocycles. The summed E-state index contributed by atoms with van der Waals surface area (Å²) in [5.41, 5.74) is 6.76. The van der Waals surface area contributed by atoms with Crippen LogP contribution in [-0.2, 0) is 10.0 Å². The van der Waals surface area contributed by atoms with Crippen LogP contribution in [0.2, 0.25) is 0 Å². The second-order valence-electron chi connectivity index (χ2n) is 3.73. The highest BCUT2D eigenvalue weighted by atomic mass is 32.2. The number of anilines is 1. The van der Waals surface area contributed by atoms with Gasteiger partial charge in [0.15, 0.2) is 0 Å². The van der Waals surface area contributed by atoms with Crippen molar-refractivity contribution in [3.63, 3.8) is 0 Å².